The van der Waals surface area contributed by atoms with Crippen molar-refractivity contribution in [1.82, 2.24) is 15.5 Å². The van der Waals surface area contributed by atoms with Crippen LogP contribution in [-0.4, -0.2) is 21.9 Å². The summed E-state index contributed by atoms with van der Waals surface area (Å²) in [6, 6.07) is 11.6. The Balaban J connectivity index is 1.48. The number of nitrogens with zero attached hydrogens (tertiary/aromatic N) is 2. The normalized spacial score (nSPS) is 10.6. The largest absolute Gasteiger partial charge is 0.351 e. The number of carbonyl (C=O) groups is 1. The number of amides is 1. The first-order chi connectivity index (χ1) is 13.0. The third kappa shape index (κ3) is 5.66. The molecule has 3 rings (SSSR count). The summed E-state index contributed by atoms with van der Waals surface area (Å²) in [6.07, 6.45) is 0. The summed E-state index contributed by atoms with van der Waals surface area (Å²) < 4.78 is 13.6. The van der Waals surface area contributed by atoms with Crippen molar-refractivity contribution in [3.8, 4) is 0 Å². The van der Waals surface area contributed by atoms with Crippen molar-refractivity contribution < 1.29 is 9.18 Å². The van der Waals surface area contributed by atoms with E-state index >= 15 is 0 Å². The van der Waals surface area contributed by atoms with Gasteiger partial charge < -0.3 is 10.6 Å². The molecule has 0 spiro atoms. The lowest BCUT2D eigenvalue weighted by atomic mass is 10.2. The highest BCUT2D eigenvalue weighted by atomic mass is 35.5. The van der Waals surface area contributed by atoms with Crippen molar-refractivity contribution >= 4 is 51.4 Å². The van der Waals surface area contributed by atoms with Crippen molar-refractivity contribution in [2.75, 3.05) is 11.1 Å². The first-order valence-electron chi connectivity index (χ1n) is 8.01. The fraction of sp³-hybridized carbons (Fsp3) is 0.167. The van der Waals surface area contributed by atoms with Gasteiger partial charge >= 0.3 is 0 Å². The standard InChI is InChI=1S/C18H16ClFN4OS2/c1-11-14(19)3-2-4-15(11)22-17-23-24-18(27-17)26-10-16(25)21-9-12-5-7-13(20)8-6-12/h2-8H,9-10H2,1H3,(H,21,25)(H,22,23). The summed E-state index contributed by atoms with van der Waals surface area (Å²) in [6.45, 7) is 2.28. The zero-order valence-electron chi connectivity index (χ0n) is 14.3. The van der Waals surface area contributed by atoms with Gasteiger partial charge in [0, 0.05) is 17.3 Å². The molecule has 1 heterocycles. The van der Waals surface area contributed by atoms with E-state index in [4.69, 9.17) is 11.6 Å². The Hall–Kier alpha value is -2.16. The second-order valence-corrected chi connectivity index (χ2v) is 8.21. The van der Waals surface area contributed by atoms with Crippen molar-refractivity contribution in [3.63, 3.8) is 0 Å². The molecular weight excluding hydrogens is 407 g/mol. The van der Waals surface area contributed by atoms with Crippen LogP contribution in [0.1, 0.15) is 11.1 Å². The number of hydrogen-bond acceptors (Lipinski definition) is 6. The lowest BCUT2D eigenvalue weighted by molar-refractivity contribution is -0.118. The fourth-order valence-corrected chi connectivity index (χ4v) is 3.93. The maximum Gasteiger partial charge on any atom is 0.230 e. The third-order valence-corrected chi connectivity index (χ3v) is 6.03. The zero-order chi connectivity index (χ0) is 19.2. The van der Waals surface area contributed by atoms with E-state index in [1.54, 1.807) is 12.1 Å². The van der Waals surface area contributed by atoms with Gasteiger partial charge in [-0.25, -0.2) is 4.39 Å². The van der Waals surface area contributed by atoms with Crippen LogP contribution in [0.3, 0.4) is 0 Å². The van der Waals surface area contributed by atoms with Crippen LogP contribution in [0, 0.1) is 12.7 Å². The van der Waals surface area contributed by atoms with Crippen LogP contribution in [-0.2, 0) is 11.3 Å². The number of nitrogens with one attached hydrogen (secondary N) is 2. The van der Waals surface area contributed by atoms with Crippen LogP contribution >= 0.6 is 34.7 Å². The minimum Gasteiger partial charge on any atom is -0.351 e. The first-order valence-corrected chi connectivity index (χ1v) is 10.2. The molecule has 0 aliphatic rings. The van der Waals surface area contributed by atoms with Gasteiger partial charge in [0.1, 0.15) is 5.82 Å². The predicted octanol–water partition coefficient (Wildman–Crippen LogP) is 4.79. The zero-order valence-corrected chi connectivity index (χ0v) is 16.7. The number of aromatic nitrogens is 2. The molecule has 3 aromatic rings. The lowest BCUT2D eigenvalue weighted by Gasteiger charge is -2.06. The molecule has 1 amide bonds. The second-order valence-electron chi connectivity index (χ2n) is 5.60. The SMILES string of the molecule is Cc1c(Cl)cccc1Nc1nnc(SCC(=O)NCc2ccc(F)cc2)s1. The molecule has 5 nitrogen and oxygen atoms in total. The van der Waals surface area contributed by atoms with Crippen LogP contribution in [0.25, 0.3) is 0 Å². The van der Waals surface area contributed by atoms with E-state index in [2.05, 4.69) is 20.8 Å². The molecule has 140 valence electrons. The molecule has 0 bridgehead atoms. The highest BCUT2D eigenvalue weighted by Gasteiger charge is 2.10. The van der Waals surface area contributed by atoms with Gasteiger partial charge in [-0.15, -0.1) is 10.2 Å². The maximum atomic E-state index is 12.9. The van der Waals surface area contributed by atoms with E-state index in [0.717, 1.165) is 16.8 Å². The summed E-state index contributed by atoms with van der Waals surface area (Å²) in [5.41, 5.74) is 2.64. The number of carbonyl (C=O) groups excluding carboxylic acids is 1. The van der Waals surface area contributed by atoms with Crippen molar-refractivity contribution in [1.29, 1.82) is 0 Å². The number of anilines is 2. The highest BCUT2D eigenvalue weighted by Crippen LogP contribution is 2.30. The van der Waals surface area contributed by atoms with Crippen LogP contribution in [0.5, 0.6) is 0 Å². The van der Waals surface area contributed by atoms with E-state index in [1.807, 2.05) is 25.1 Å². The van der Waals surface area contributed by atoms with Gasteiger partial charge in [-0.2, -0.15) is 0 Å². The Labute approximate surface area is 169 Å². The van der Waals surface area contributed by atoms with Gasteiger partial charge in [0.15, 0.2) is 4.34 Å². The van der Waals surface area contributed by atoms with Crippen LogP contribution in [0.15, 0.2) is 46.8 Å². The Morgan fingerprint density at radius 2 is 2.00 bits per heavy atom. The quantitative estimate of drug-likeness (QED) is 0.536. The Bertz CT molecular complexity index is 933. The molecule has 0 aliphatic heterocycles. The van der Waals surface area contributed by atoms with Crippen LogP contribution in [0.4, 0.5) is 15.2 Å². The minimum atomic E-state index is -0.297. The van der Waals surface area contributed by atoms with Gasteiger partial charge in [-0.05, 0) is 42.3 Å². The summed E-state index contributed by atoms with van der Waals surface area (Å²) in [4.78, 5) is 12.0. The first kappa shape index (κ1) is 19.6. The smallest absolute Gasteiger partial charge is 0.230 e. The summed E-state index contributed by atoms with van der Waals surface area (Å²) >= 11 is 8.79. The summed E-state index contributed by atoms with van der Waals surface area (Å²) in [7, 11) is 0. The average Bonchev–Trinajstić information content (AvgIpc) is 3.11. The molecular formula is C18H16ClFN4OS2. The molecule has 1 aromatic heterocycles. The van der Waals surface area contributed by atoms with Gasteiger partial charge in [-0.1, -0.05) is 52.9 Å². The monoisotopic (exact) mass is 422 g/mol. The lowest BCUT2D eigenvalue weighted by Crippen LogP contribution is -2.24. The van der Waals surface area contributed by atoms with E-state index in [0.29, 0.717) is 21.0 Å². The second kappa shape index (κ2) is 9.16. The summed E-state index contributed by atoms with van der Waals surface area (Å²) in [5.74, 6) is -0.194. The predicted molar refractivity (Wildman–Crippen MR) is 108 cm³/mol. The number of benzene rings is 2. The molecule has 2 N–H and O–H groups in total. The Kier molecular flexibility index (Phi) is 6.65. The fourth-order valence-electron chi connectivity index (χ4n) is 2.16. The van der Waals surface area contributed by atoms with Gasteiger partial charge in [-0.3, -0.25) is 4.79 Å². The van der Waals surface area contributed by atoms with Crippen LogP contribution in [0.2, 0.25) is 5.02 Å². The molecule has 0 aliphatic carbocycles. The molecule has 0 atom stereocenters. The number of rotatable bonds is 7. The molecule has 0 saturated carbocycles. The Morgan fingerprint density at radius 3 is 2.78 bits per heavy atom. The number of hydrogen-bond donors (Lipinski definition) is 2. The van der Waals surface area contributed by atoms with E-state index < -0.39 is 0 Å². The Morgan fingerprint density at radius 1 is 1.22 bits per heavy atom. The molecule has 0 radical (unpaired) electrons. The van der Waals surface area contributed by atoms with E-state index in [1.165, 1.54) is 35.2 Å². The van der Waals surface area contributed by atoms with Crippen molar-refractivity contribution in [2.24, 2.45) is 0 Å². The summed E-state index contributed by atoms with van der Waals surface area (Å²) in [5, 5.41) is 15.5. The third-order valence-electron chi connectivity index (χ3n) is 3.65. The molecule has 0 fully saturated rings. The average molecular weight is 423 g/mol. The number of halogens is 2. The van der Waals surface area contributed by atoms with Gasteiger partial charge in [0.05, 0.1) is 5.75 Å². The molecule has 0 saturated heterocycles. The van der Waals surface area contributed by atoms with Gasteiger partial charge in [0.2, 0.25) is 11.0 Å². The maximum absolute atomic E-state index is 12.9. The van der Waals surface area contributed by atoms with Crippen molar-refractivity contribution in [2.45, 2.75) is 17.8 Å². The van der Waals surface area contributed by atoms with E-state index in [-0.39, 0.29) is 17.5 Å². The topological polar surface area (TPSA) is 66.9 Å². The van der Waals surface area contributed by atoms with Crippen LogP contribution < -0.4 is 10.6 Å². The molecule has 2 aromatic carbocycles. The number of thioether (sulfide) groups is 1. The van der Waals surface area contributed by atoms with Crippen molar-refractivity contribution in [3.05, 3.63) is 64.4 Å². The molecule has 9 heteroatoms. The highest BCUT2D eigenvalue weighted by molar-refractivity contribution is 8.01. The van der Waals surface area contributed by atoms with Gasteiger partial charge in [0.25, 0.3) is 0 Å². The van der Waals surface area contributed by atoms with E-state index in [9.17, 15) is 9.18 Å². The molecule has 27 heavy (non-hydrogen) atoms. The molecule has 0 unspecified atom stereocenters. The minimum absolute atomic E-state index is 0.125.